The summed E-state index contributed by atoms with van der Waals surface area (Å²) in [5.74, 6) is 1.65. The number of benzene rings is 3. The SMILES string of the molecule is COc1ccc(Oc2cc(-c3cccc(C(=O)N[C@@H](C)c4ccc(C)cc4)c3)ncn2)cc1. The van der Waals surface area contributed by atoms with Gasteiger partial charge in [-0.1, -0.05) is 42.0 Å². The first-order valence-electron chi connectivity index (χ1n) is 10.6. The Labute approximate surface area is 193 Å². The summed E-state index contributed by atoms with van der Waals surface area (Å²) in [5, 5.41) is 3.06. The summed E-state index contributed by atoms with van der Waals surface area (Å²) in [7, 11) is 1.62. The Bertz CT molecular complexity index is 1240. The number of nitrogens with zero attached hydrogens (tertiary/aromatic N) is 2. The molecule has 166 valence electrons. The molecule has 0 aliphatic heterocycles. The van der Waals surface area contributed by atoms with E-state index in [9.17, 15) is 4.79 Å². The van der Waals surface area contributed by atoms with Crippen LogP contribution >= 0.6 is 0 Å². The van der Waals surface area contributed by atoms with Crippen LogP contribution < -0.4 is 14.8 Å². The summed E-state index contributed by atoms with van der Waals surface area (Å²) in [5.41, 5.74) is 4.26. The van der Waals surface area contributed by atoms with E-state index in [4.69, 9.17) is 9.47 Å². The number of carbonyl (C=O) groups excluding carboxylic acids is 1. The largest absolute Gasteiger partial charge is 0.497 e. The maximum absolute atomic E-state index is 12.9. The molecule has 4 rings (SSSR count). The molecule has 0 saturated heterocycles. The second-order valence-corrected chi connectivity index (χ2v) is 7.71. The van der Waals surface area contributed by atoms with Crippen molar-refractivity contribution in [1.29, 1.82) is 0 Å². The van der Waals surface area contributed by atoms with Gasteiger partial charge in [-0.3, -0.25) is 4.79 Å². The second kappa shape index (κ2) is 9.96. The van der Waals surface area contributed by atoms with Crippen molar-refractivity contribution in [2.45, 2.75) is 19.9 Å². The molecule has 0 fully saturated rings. The number of aromatic nitrogens is 2. The van der Waals surface area contributed by atoms with Crippen LogP contribution in [0.5, 0.6) is 17.4 Å². The molecule has 6 nitrogen and oxygen atoms in total. The normalized spacial score (nSPS) is 11.5. The highest BCUT2D eigenvalue weighted by Crippen LogP contribution is 2.26. The van der Waals surface area contributed by atoms with Crippen molar-refractivity contribution in [1.82, 2.24) is 15.3 Å². The topological polar surface area (TPSA) is 73.3 Å². The zero-order chi connectivity index (χ0) is 23.2. The Morgan fingerprint density at radius 1 is 0.909 bits per heavy atom. The number of aryl methyl sites for hydroxylation is 1. The molecule has 1 N–H and O–H groups in total. The van der Waals surface area contributed by atoms with Crippen LogP contribution in [-0.4, -0.2) is 23.0 Å². The zero-order valence-electron chi connectivity index (χ0n) is 18.8. The molecule has 1 atom stereocenters. The molecule has 33 heavy (non-hydrogen) atoms. The molecule has 0 spiro atoms. The first-order valence-corrected chi connectivity index (χ1v) is 10.6. The predicted octanol–water partition coefficient (Wildman–Crippen LogP) is 5.74. The molecule has 0 aliphatic rings. The Morgan fingerprint density at radius 3 is 2.36 bits per heavy atom. The van der Waals surface area contributed by atoms with E-state index in [2.05, 4.69) is 15.3 Å². The Kier molecular flexibility index (Phi) is 6.64. The molecule has 0 unspecified atom stereocenters. The minimum Gasteiger partial charge on any atom is -0.497 e. The quantitative estimate of drug-likeness (QED) is 0.397. The summed E-state index contributed by atoms with van der Waals surface area (Å²) in [6.07, 6.45) is 1.44. The van der Waals surface area contributed by atoms with E-state index < -0.39 is 0 Å². The molecule has 4 aromatic rings. The van der Waals surface area contributed by atoms with Crippen molar-refractivity contribution in [3.8, 4) is 28.6 Å². The second-order valence-electron chi connectivity index (χ2n) is 7.71. The summed E-state index contributed by atoms with van der Waals surface area (Å²) in [6, 6.07) is 24.4. The fourth-order valence-electron chi connectivity index (χ4n) is 3.36. The molecule has 0 bridgehead atoms. The van der Waals surface area contributed by atoms with Crippen LogP contribution in [0.25, 0.3) is 11.3 Å². The number of hydrogen-bond donors (Lipinski definition) is 1. The van der Waals surface area contributed by atoms with Gasteiger partial charge in [0.15, 0.2) is 0 Å². The summed E-state index contributed by atoms with van der Waals surface area (Å²) < 4.78 is 11.0. The average Bonchev–Trinajstić information content (AvgIpc) is 2.85. The highest BCUT2D eigenvalue weighted by Gasteiger charge is 2.13. The molecule has 3 aromatic carbocycles. The number of ether oxygens (including phenoxy) is 2. The lowest BCUT2D eigenvalue weighted by molar-refractivity contribution is 0.0940. The van der Waals surface area contributed by atoms with Crippen LogP contribution in [0.2, 0.25) is 0 Å². The number of amides is 1. The highest BCUT2D eigenvalue weighted by molar-refractivity contribution is 5.95. The van der Waals surface area contributed by atoms with Gasteiger partial charge in [-0.15, -0.1) is 0 Å². The van der Waals surface area contributed by atoms with E-state index in [1.165, 1.54) is 11.9 Å². The van der Waals surface area contributed by atoms with Crippen LogP contribution in [0, 0.1) is 6.92 Å². The predicted molar refractivity (Wildman–Crippen MR) is 128 cm³/mol. The summed E-state index contributed by atoms with van der Waals surface area (Å²) in [4.78, 5) is 21.4. The van der Waals surface area contributed by atoms with Crippen LogP contribution in [-0.2, 0) is 0 Å². The van der Waals surface area contributed by atoms with Gasteiger partial charge in [-0.05, 0) is 55.8 Å². The molecule has 1 amide bonds. The first kappa shape index (κ1) is 22.0. The number of nitrogens with one attached hydrogen (secondary N) is 1. The number of rotatable bonds is 7. The van der Waals surface area contributed by atoms with Gasteiger partial charge < -0.3 is 14.8 Å². The lowest BCUT2D eigenvalue weighted by atomic mass is 10.0. The molecule has 1 heterocycles. The Balaban J connectivity index is 1.49. The van der Waals surface area contributed by atoms with Gasteiger partial charge in [0.2, 0.25) is 5.88 Å². The lowest BCUT2D eigenvalue weighted by Gasteiger charge is -2.15. The van der Waals surface area contributed by atoms with Gasteiger partial charge in [-0.2, -0.15) is 0 Å². The standard InChI is InChI=1S/C27H25N3O3/c1-18-7-9-20(10-8-18)19(2)30-27(31)22-6-4-5-21(15-22)25-16-26(29-17-28-25)33-24-13-11-23(32-3)12-14-24/h4-17,19H,1-3H3,(H,30,31)/t19-/m0/s1. The molecular weight excluding hydrogens is 414 g/mol. The number of methoxy groups -OCH3 is 1. The van der Waals surface area contributed by atoms with Crippen molar-refractivity contribution in [3.05, 3.63) is 102 Å². The molecule has 1 aromatic heterocycles. The van der Waals surface area contributed by atoms with Crippen LogP contribution in [0.3, 0.4) is 0 Å². The van der Waals surface area contributed by atoms with Crippen LogP contribution in [0.1, 0.15) is 34.5 Å². The third-order valence-corrected chi connectivity index (χ3v) is 5.27. The molecule has 0 radical (unpaired) electrons. The maximum atomic E-state index is 12.9. The van der Waals surface area contributed by atoms with E-state index in [1.54, 1.807) is 31.4 Å². The van der Waals surface area contributed by atoms with Gasteiger partial charge in [-0.25, -0.2) is 9.97 Å². The smallest absolute Gasteiger partial charge is 0.251 e. The van der Waals surface area contributed by atoms with Gasteiger partial charge in [0.1, 0.15) is 17.8 Å². The van der Waals surface area contributed by atoms with E-state index in [0.717, 1.165) is 16.9 Å². The summed E-state index contributed by atoms with van der Waals surface area (Å²) >= 11 is 0. The van der Waals surface area contributed by atoms with Crippen molar-refractivity contribution >= 4 is 5.91 Å². The van der Waals surface area contributed by atoms with E-state index in [-0.39, 0.29) is 11.9 Å². The Morgan fingerprint density at radius 2 is 1.64 bits per heavy atom. The van der Waals surface area contributed by atoms with E-state index >= 15 is 0 Å². The third kappa shape index (κ3) is 5.54. The van der Waals surface area contributed by atoms with Crippen LogP contribution in [0.15, 0.2) is 85.2 Å². The molecular formula is C27H25N3O3. The zero-order valence-corrected chi connectivity index (χ0v) is 18.8. The van der Waals surface area contributed by atoms with Gasteiger partial charge in [0, 0.05) is 17.2 Å². The maximum Gasteiger partial charge on any atom is 0.251 e. The number of carbonyl (C=O) groups is 1. The van der Waals surface area contributed by atoms with E-state index in [1.807, 2.05) is 68.4 Å². The van der Waals surface area contributed by atoms with Crippen LogP contribution in [0.4, 0.5) is 0 Å². The highest BCUT2D eigenvalue weighted by atomic mass is 16.5. The van der Waals surface area contributed by atoms with Gasteiger partial charge >= 0.3 is 0 Å². The lowest BCUT2D eigenvalue weighted by Crippen LogP contribution is -2.26. The van der Waals surface area contributed by atoms with Crippen molar-refractivity contribution in [2.75, 3.05) is 7.11 Å². The van der Waals surface area contributed by atoms with Crippen molar-refractivity contribution < 1.29 is 14.3 Å². The molecule has 0 aliphatic carbocycles. The van der Waals surface area contributed by atoms with Gasteiger partial charge in [0.25, 0.3) is 5.91 Å². The fraction of sp³-hybridized carbons (Fsp3) is 0.148. The molecule has 0 saturated carbocycles. The van der Waals surface area contributed by atoms with Crippen molar-refractivity contribution in [3.63, 3.8) is 0 Å². The minimum absolute atomic E-state index is 0.106. The van der Waals surface area contributed by atoms with Gasteiger partial charge in [0.05, 0.1) is 18.8 Å². The minimum atomic E-state index is -0.145. The average molecular weight is 440 g/mol. The third-order valence-electron chi connectivity index (χ3n) is 5.27. The summed E-state index contributed by atoms with van der Waals surface area (Å²) in [6.45, 7) is 4.01. The monoisotopic (exact) mass is 439 g/mol. The first-order chi connectivity index (χ1) is 16.0. The fourth-order valence-corrected chi connectivity index (χ4v) is 3.36. The van der Waals surface area contributed by atoms with E-state index in [0.29, 0.717) is 22.9 Å². The number of hydrogen-bond acceptors (Lipinski definition) is 5. The molecule has 6 heteroatoms. The Hall–Kier alpha value is -4.19. The van der Waals surface area contributed by atoms with Crippen molar-refractivity contribution in [2.24, 2.45) is 0 Å².